The third kappa shape index (κ3) is 3.82. The van der Waals surface area contributed by atoms with Crippen molar-refractivity contribution in [1.29, 1.82) is 0 Å². The molecule has 17 heavy (non-hydrogen) atoms. The minimum atomic E-state index is -0.789. The molecular weight excluding hydrogens is 216 g/mol. The zero-order valence-electron chi connectivity index (χ0n) is 11.3. The summed E-state index contributed by atoms with van der Waals surface area (Å²) in [6.45, 7) is 9.07. The van der Waals surface area contributed by atoms with Crippen molar-refractivity contribution < 1.29 is 9.90 Å². The Hall–Kier alpha value is -0.870. The van der Waals surface area contributed by atoms with Crippen LogP contribution in [0.2, 0.25) is 0 Å². The normalized spacial score (nSPS) is 28.4. The van der Waals surface area contributed by atoms with Crippen molar-refractivity contribution in [1.82, 2.24) is 9.80 Å². The predicted molar refractivity (Wildman–Crippen MR) is 69.1 cm³/mol. The van der Waals surface area contributed by atoms with Crippen molar-refractivity contribution in [3.8, 4) is 0 Å². The van der Waals surface area contributed by atoms with Crippen LogP contribution in [0.5, 0.6) is 0 Å². The van der Waals surface area contributed by atoms with Gasteiger partial charge in [-0.05, 0) is 27.3 Å². The highest BCUT2D eigenvalue weighted by atomic mass is 16.4. The van der Waals surface area contributed by atoms with Crippen LogP contribution >= 0.6 is 0 Å². The van der Waals surface area contributed by atoms with Gasteiger partial charge in [0.15, 0.2) is 0 Å². The van der Waals surface area contributed by atoms with Gasteiger partial charge in [-0.1, -0.05) is 13.0 Å². The van der Waals surface area contributed by atoms with Crippen LogP contribution in [0.4, 0.5) is 0 Å². The minimum absolute atomic E-state index is 0.518. The number of aliphatic carboxylic acids is 1. The largest absolute Gasteiger partial charge is 0.478 e. The van der Waals surface area contributed by atoms with Gasteiger partial charge in [0.1, 0.15) is 0 Å². The second-order valence-corrected chi connectivity index (χ2v) is 4.97. The van der Waals surface area contributed by atoms with Gasteiger partial charge in [-0.25, -0.2) is 4.79 Å². The van der Waals surface area contributed by atoms with E-state index in [4.69, 9.17) is 5.11 Å². The Kier molecular flexibility index (Phi) is 5.15. The summed E-state index contributed by atoms with van der Waals surface area (Å²) in [6, 6.07) is 1.06. The van der Waals surface area contributed by atoms with E-state index in [0.29, 0.717) is 24.1 Å². The maximum atomic E-state index is 10.9. The first-order chi connectivity index (χ1) is 7.95. The van der Waals surface area contributed by atoms with Crippen molar-refractivity contribution in [2.45, 2.75) is 39.3 Å². The second-order valence-electron chi connectivity index (χ2n) is 4.97. The summed E-state index contributed by atoms with van der Waals surface area (Å²) in [5.74, 6) is -0.789. The van der Waals surface area contributed by atoms with Crippen molar-refractivity contribution in [2.24, 2.45) is 0 Å². The van der Waals surface area contributed by atoms with E-state index in [1.807, 2.05) is 13.0 Å². The molecule has 1 heterocycles. The molecule has 0 spiro atoms. The van der Waals surface area contributed by atoms with E-state index in [9.17, 15) is 4.79 Å². The zero-order chi connectivity index (χ0) is 13.0. The smallest absolute Gasteiger partial charge is 0.331 e. The highest BCUT2D eigenvalue weighted by Crippen LogP contribution is 2.13. The molecule has 4 nitrogen and oxygen atoms in total. The molecule has 1 rings (SSSR count). The summed E-state index contributed by atoms with van der Waals surface area (Å²) in [6.07, 6.45) is 2.45. The van der Waals surface area contributed by atoms with Crippen LogP contribution in [0.1, 0.15) is 27.2 Å². The van der Waals surface area contributed by atoms with Gasteiger partial charge < -0.3 is 5.11 Å². The molecule has 2 atom stereocenters. The number of carboxylic acid groups (broad SMARTS) is 1. The van der Waals surface area contributed by atoms with Gasteiger partial charge in [-0.3, -0.25) is 9.80 Å². The number of rotatable bonds is 4. The standard InChI is InChI=1S/C13H24N2O2/c1-5-12(13(16)17)6-7-15-8-10(2)14(4)11(3)9-15/h6,10-11H,5,7-9H2,1-4H3,(H,16,17). The fourth-order valence-corrected chi connectivity index (χ4v) is 2.29. The summed E-state index contributed by atoms with van der Waals surface area (Å²) in [5.41, 5.74) is 0.518. The van der Waals surface area contributed by atoms with Crippen molar-refractivity contribution >= 4 is 5.97 Å². The first-order valence-corrected chi connectivity index (χ1v) is 6.32. The van der Waals surface area contributed by atoms with Crippen LogP contribution in [0.15, 0.2) is 11.6 Å². The predicted octanol–water partition coefficient (Wildman–Crippen LogP) is 1.43. The summed E-state index contributed by atoms with van der Waals surface area (Å²) in [4.78, 5) is 15.6. The number of piperazine rings is 1. The summed E-state index contributed by atoms with van der Waals surface area (Å²) < 4.78 is 0. The lowest BCUT2D eigenvalue weighted by Gasteiger charge is -2.42. The van der Waals surface area contributed by atoms with E-state index < -0.39 is 5.97 Å². The van der Waals surface area contributed by atoms with Crippen molar-refractivity contribution in [3.63, 3.8) is 0 Å². The fourth-order valence-electron chi connectivity index (χ4n) is 2.29. The van der Waals surface area contributed by atoms with Crippen molar-refractivity contribution in [2.75, 3.05) is 26.7 Å². The van der Waals surface area contributed by atoms with Crippen LogP contribution < -0.4 is 0 Å². The van der Waals surface area contributed by atoms with E-state index in [1.165, 1.54) is 0 Å². The van der Waals surface area contributed by atoms with E-state index >= 15 is 0 Å². The highest BCUT2D eigenvalue weighted by molar-refractivity contribution is 5.86. The molecule has 0 aromatic carbocycles. The van der Waals surface area contributed by atoms with Gasteiger partial charge in [0.25, 0.3) is 0 Å². The maximum Gasteiger partial charge on any atom is 0.331 e. The van der Waals surface area contributed by atoms with Gasteiger partial charge >= 0.3 is 5.97 Å². The molecule has 98 valence electrons. The Labute approximate surface area is 104 Å². The molecule has 1 aliphatic rings. The molecule has 2 unspecified atom stereocenters. The number of nitrogens with zero attached hydrogens (tertiary/aromatic N) is 2. The number of carboxylic acids is 1. The molecule has 0 saturated carbocycles. The van der Waals surface area contributed by atoms with Gasteiger partial charge in [0.2, 0.25) is 0 Å². The molecule has 0 amide bonds. The molecule has 1 fully saturated rings. The lowest BCUT2D eigenvalue weighted by atomic mass is 10.1. The molecule has 1 aliphatic heterocycles. The van der Waals surface area contributed by atoms with E-state index in [-0.39, 0.29) is 0 Å². The lowest BCUT2D eigenvalue weighted by molar-refractivity contribution is -0.132. The molecule has 1 saturated heterocycles. The van der Waals surface area contributed by atoms with Gasteiger partial charge in [0.05, 0.1) is 0 Å². The van der Waals surface area contributed by atoms with Crippen LogP contribution in [-0.2, 0) is 4.79 Å². The molecule has 0 aromatic rings. The molecular formula is C13H24N2O2. The van der Waals surface area contributed by atoms with E-state index in [2.05, 4.69) is 30.7 Å². The summed E-state index contributed by atoms with van der Waals surface area (Å²) in [5, 5.41) is 8.95. The second kappa shape index (κ2) is 6.17. The molecule has 1 N–H and O–H groups in total. The number of likely N-dealkylation sites (N-methyl/N-ethyl adjacent to an activating group) is 1. The third-order valence-corrected chi connectivity index (χ3v) is 3.69. The maximum absolute atomic E-state index is 10.9. The van der Waals surface area contributed by atoms with Gasteiger partial charge in [-0.2, -0.15) is 0 Å². The molecule has 0 bridgehead atoms. The quantitative estimate of drug-likeness (QED) is 0.755. The van der Waals surface area contributed by atoms with E-state index in [0.717, 1.165) is 19.6 Å². The Morgan fingerprint density at radius 3 is 2.29 bits per heavy atom. The minimum Gasteiger partial charge on any atom is -0.478 e. The average Bonchev–Trinajstić information content (AvgIpc) is 2.26. The fraction of sp³-hybridized carbons (Fsp3) is 0.769. The number of carbonyl (C=O) groups is 1. The SMILES string of the molecule is CCC(=CCN1CC(C)N(C)C(C)C1)C(=O)O. The van der Waals surface area contributed by atoms with Crippen LogP contribution in [0.3, 0.4) is 0 Å². The van der Waals surface area contributed by atoms with Gasteiger partial charge in [0, 0.05) is 37.3 Å². The number of hydrogen-bond donors (Lipinski definition) is 1. The third-order valence-electron chi connectivity index (χ3n) is 3.69. The Morgan fingerprint density at radius 2 is 1.88 bits per heavy atom. The highest BCUT2D eigenvalue weighted by Gasteiger charge is 2.25. The topological polar surface area (TPSA) is 43.8 Å². The zero-order valence-corrected chi connectivity index (χ0v) is 11.3. The van der Waals surface area contributed by atoms with E-state index in [1.54, 1.807) is 0 Å². The Balaban J connectivity index is 2.55. The molecule has 0 radical (unpaired) electrons. The number of hydrogen-bond acceptors (Lipinski definition) is 3. The van der Waals surface area contributed by atoms with Crippen molar-refractivity contribution in [3.05, 3.63) is 11.6 Å². The Bertz CT molecular complexity index is 290. The molecule has 0 aliphatic carbocycles. The first-order valence-electron chi connectivity index (χ1n) is 6.32. The van der Waals surface area contributed by atoms with Crippen LogP contribution in [-0.4, -0.2) is 59.6 Å². The molecule has 0 aromatic heterocycles. The summed E-state index contributed by atoms with van der Waals surface area (Å²) >= 11 is 0. The summed E-state index contributed by atoms with van der Waals surface area (Å²) in [7, 11) is 2.15. The Morgan fingerprint density at radius 1 is 1.35 bits per heavy atom. The van der Waals surface area contributed by atoms with Crippen LogP contribution in [0, 0.1) is 0 Å². The van der Waals surface area contributed by atoms with Gasteiger partial charge in [-0.15, -0.1) is 0 Å². The first kappa shape index (κ1) is 14.2. The monoisotopic (exact) mass is 240 g/mol. The lowest BCUT2D eigenvalue weighted by Crippen LogP contribution is -2.54. The molecule has 4 heteroatoms. The average molecular weight is 240 g/mol. The van der Waals surface area contributed by atoms with Crippen LogP contribution in [0.25, 0.3) is 0 Å².